The molecule has 178 valence electrons. The number of benzene rings is 3. The van der Waals surface area contributed by atoms with Gasteiger partial charge >= 0.3 is 12.6 Å². The van der Waals surface area contributed by atoms with Crippen molar-refractivity contribution in [2.24, 2.45) is 0 Å². The highest BCUT2D eigenvalue weighted by atomic mass is 32.2. The van der Waals surface area contributed by atoms with Gasteiger partial charge in [0.05, 0.1) is 34.2 Å². The van der Waals surface area contributed by atoms with Gasteiger partial charge in [0.1, 0.15) is 13.2 Å². The van der Waals surface area contributed by atoms with Crippen LogP contribution in [0.25, 0.3) is 10.8 Å². The molecular formula is C21H16F2N2O8S. The molecule has 1 heterocycles. The van der Waals surface area contributed by atoms with Gasteiger partial charge in [-0.25, -0.2) is 8.42 Å². The maximum absolute atomic E-state index is 13.0. The fourth-order valence-electron chi connectivity index (χ4n) is 3.67. The summed E-state index contributed by atoms with van der Waals surface area (Å²) in [6.45, 7) is -4.55. The van der Waals surface area contributed by atoms with Gasteiger partial charge in [0.2, 0.25) is 0 Å². The minimum atomic E-state index is -4.01. The molecule has 34 heavy (non-hydrogen) atoms. The van der Waals surface area contributed by atoms with Crippen molar-refractivity contribution in [3.63, 3.8) is 0 Å². The third-order valence-corrected chi connectivity index (χ3v) is 6.92. The Kier molecular flexibility index (Phi) is 5.96. The van der Waals surface area contributed by atoms with E-state index in [1.54, 1.807) is 30.3 Å². The summed E-state index contributed by atoms with van der Waals surface area (Å²) in [5, 5.41) is 12.6. The molecule has 3 aromatic carbocycles. The van der Waals surface area contributed by atoms with Crippen molar-refractivity contribution >= 4 is 38.1 Å². The minimum absolute atomic E-state index is 0.0587. The normalized spacial score (nSPS) is 13.8. The van der Waals surface area contributed by atoms with Gasteiger partial charge < -0.3 is 14.2 Å². The fourth-order valence-corrected chi connectivity index (χ4v) is 5.33. The highest BCUT2D eigenvalue weighted by Gasteiger charge is 2.37. The fraction of sp³-hybridized carbons (Fsp3) is 0.190. The molecule has 4 rings (SSSR count). The first-order valence-electron chi connectivity index (χ1n) is 9.63. The summed E-state index contributed by atoms with van der Waals surface area (Å²) >= 11 is 0. The lowest BCUT2D eigenvalue weighted by molar-refractivity contribution is -0.386. The van der Waals surface area contributed by atoms with E-state index in [0.29, 0.717) is 16.5 Å². The van der Waals surface area contributed by atoms with Gasteiger partial charge in [-0.15, -0.1) is 0 Å². The zero-order valence-electron chi connectivity index (χ0n) is 17.4. The summed E-state index contributed by atoms with van der Waals surface area (Å²) in [5.41, 5.74) is -0.493. The molecule has 0 unspecified atom stereocenters. The lowest BCUT2D eigenvalue weighted by atomic mass is 10.1. The van der Waals surface area contributed by atoms with Gasteiger partial charge in [-0.1, -0.05) is 24.3 Å². The molecule has 1 aliphatic heterocycles. The smallest absolute Gasteiger partial charge is 0.387 e. The van der Waals surface area contributed by atoms with E-state index in [2.05, 4.69) is 4.74 Å². The van der Waals surface area contributed by atoms with Crippen LogP contribution < -0.4 is 13.8 Å². The van der Waals surface area contributed by atoms with E-state index in [1.165, 1.54) is 6.07 Å². The Morgan fingerprint density at radius 3 is 2.50 bits per heavy atom. The number of methoxy groups -OCH3 is 1. The number of hydrogen-bond donors (Lipinski definition) is 0. The van der Waals surface area contributed by atoms with Crippen LogP contribution in [-0.4, -0.2) is 39.6 Å². The van der Waals surface area contributed by atoms with Crippen molar-refractivity contribution in [2.45, 2.75) is 18.1 Å². The number of alkyl halides is 2. The van der Waals surface area contributed by atoms with Crippen LogP contribution in [-0.2, 0) is 26.2 Å². The molecule has 3 aromatic rings. The van der Waals surface area contributed by atoms with Crippen molar-refractivity contribution in [2.75, 3.05) is 18.0 Å². The minimum Gasteiger partial charge on any atom is -0.493 e. The Balaban J connectivity index is 1.56. The largest absolute Gasteiger partial charge is 0.493 e. The zero-order valence-corrected chi connectivity index (χ0v) is 18.3. The average Bonchev–Trinajstić information content (AvgIpc) is 3.00. The Morgan fingerprint density at radius 1 is 1.15 bits per heavy atom. The van der Waals surface area contributed by atoms with E-state index >= 15 is 0 Å². The highest BCUT2D eigenvalue weighted by molar-refractivity contribution is 7.93. The molecule has 0 radical (unpaired) electrons. The van der Waals surface area contributed by atoms with Crippen LogP contribution in [0.3, 0.4) is 0 Å². The molecule has 0 saturated heterocycles. The molecule has 0 saturated carbocycles. The number of nitro groups is 1. The van der Waals surface area contributed by atoms with Crippen LogP contribution >= 0.6 is 0 Å². The second kappa shape index (κ2) is 8.74. The van der Waals surface area contributed by atoms with Crippen molar-refractivity contribution < 1.29 is 41.1 Å². The van der Waals surface area contributed by atoms with Crippen molar-refractivity contribution in [3.8, 4) is 11.5 Å². The molecule has 0 bridgehead atoms. The SMILES string of the molecule is COc1cc(COC(=O)CN2c3cccc4cccc(c34)S2(=O)=O)c([N+](=O)[O-])cc1OC(F)F. The second-order valence-corrected chi connectivity index (χ2v) is 8.90. The Hall–Kier alpha value is -4.00. The van der Waals surface area contributed by atoms with Crippen LogP contribution in [0, 0.1) is 10.1 Å². The molecule has 13 heteroatoms. The number of nitro benzene ring substituents is 1. The van der Waals surface area contributed by atoms with Crippen LogP contribution in [0.1, 0.15) is 5.56 Å². The summed E-state index contributed by atoms with van der Waals surface area (Å²) in [6, 6.07) is 11.5. The number of esters is 1. The van der Waals surface area contributed by atoms with Crippen LogP contribution in [0.2, 0.25) is 0 Å². The van der Waals surface area contributed by atoms with Crippen LogP contribution in [0.15, 0.2) is 53.4 Å². The lowest BCUT2D eigenvalue weighted by Crippen LogP contribution is -2.33. The summed E-state index contributed by atoms with van der Waals surface area (Å²) in [5.74, 6) is -1.77. The number of carbonyl (C=O) groups excluding carboxylic acids is 1. The number of carbonyl (C=O) groups is 1. The van der Waals surface area contributed by atoms with E-state index in [4.69, 9.17) is 9.47 Å². The molecule has 0 spiro atoms. The molecular weight excluding hydrogens is 478 g/mol. The van der Waals surface area contributed by atoms with Crippen LogP contribution in [0.5, 0.6) is 11.5 Å². The average molecular weight is 494 g/mol. The Labute approximate surface area is 191 Å². The quantitative estimate of drug-likeness (QED) is 0.264. The predicted molar refractivity (Wildman–Crippen MR) is 115 cm³/mol. The summed E-state index contributed by atoms with van der Waals surface area (Å²) in [4.78, 5) is 23.1. The standard InChI is InChI=1S/C21H16F2N2O8S/c1-31-16-8-13(15(25(27)28)9-17(16)33-21(22)23)11-32-19(26)10-24-14-6-2-4-12-5-3-7-18(20(12)14)34(24,29)30/h2-9,21H,10-11H2,1H3. The maximum Gasteiger partial charge on any atom is 0.387 e. The number of anilines is 1. The number of hydrogen-bond acceptors (Lipinski definition) is 8. The van der Waals surface area contributed by atoms with Gasteiger partial charge in [-0.2, -0.15) is 8.78 Å². The number of halogens is 2. The van der Waals surface area contributed by atoms with Gasteiger partial charge in [0, 0.05) is 5.39 Å². The van der Waals surface area contributed by atoms with Crippen LogP contribution in [0.4, 0.5) is 20.2 Å². The molecule has 0 fully saturated rings. The van der Waals surface area contributed by atoms with E-state index < -0.39 is 52.1 Å². The first-order chi connectivity index (χ1) is 16.1. The van der Waals surface area contributed by atoms with Gasteiger partial charge in [0.15, 0.2) is 11.5 Å². The maximum atomic E-state index is 13.0. The zero-order chi connectivity index (χ0) is 24.6. The molecule has 0 N–H and O–H groups in total. The predicted octanol–water partition coefficient (Wildman–Crippen LogP) is 3.61. The third-order valence-electron chi connectivity index (χ3n) is 5.12. The number of sulfonamides is 1. The number of nitrogens with zero attached hydrogens (tertiary/aromatic N) is 2. The van der Waals surface area contributed by atoms with Gasteiger partial charge in [0.25, 0.3) is 15.7 Å². The van der Waals surface area contributed by atoms with Crippen molar-refractivity contribution in [3.05, 3.63) is 64.2 Å². The Bertz CT molecular complexity index is 1410. The highest BCUT2D eigenvalue weighted by Crippen LogP contribution is 2.42. The van der Waals surface area contributed by atoms with E-state index in [1.807, 2.05) is 0 Å². The van der Waals surface area contributed by atoms with Crippen molar-refractivity contribution in [1.29, 1.82) is 0 Å². The third kappa shape index (κ3) is 4.05. The number of rotatable bonds is 8. The molecule has 10 nitrogen and oxygen atoms in total. The topological polar surface area (TPSA) is 125 Å². The summed E-state index contributed by atoms with van der Waals surface area (Å²) < 4.78 is 66.3. The monoisotopic (exact) mass is 494 g/mol. The lowest BCUT2D eigenvalue weighted by Gasteiger charge is -2.18. The van der Waals surface area contributed by atoms with Gasteiger partial charge in [-0.3, -0.25) is 19.2 Å². The first-order valence-corrected chi connectivity index (χ1v) is 11.1. The van der Waals surface area contributed by atoms with Gasteiger partial charge in [-0.05, 0) is 23.6 Å². The molecule has 0 aromatic heterocycles. The number of ether oxygens (including phenoxy) is 3. The molecule has 1 aliphatic rings. The molecule has 0 atom stereocenters. The Morgan fingerprint density at radius 2 is 1.85 bits per heavy atom. The van der Waals surface area contributed by atoms with E-state index in [0.717, 1.165) is 23.5 Å². The second-order valence-electron chi connectivity index (χ2n) is 7.07. The summed E-state index contributed by atoms with van der Waals surface area (Å²) in [6.07, 6.45) is 0. The van der Waals surface area contributed by atoms with Crippen molar-refractivity contribution in [1.82, 2.24) is 0 Å². The molecule has 0 aliphatic carbocycles. The van der Waals surface area contributed by atoms with E-state index in [-0.39, 0.29) is 16.2 Å². The molecule has 0 amide bonds. The van der Waals surface area contributed by atoms with E-state index in [9.17, 15) is 32.1 Å². The summed E-state index contributed by atoms with van der Waals surface area (Å²) in [7, 11) is -2.86. The first kappa shape index (κ1) is 23.2.